The second-order valence-electron chi connectivity index (χ2n) is 2.97. The second-order valence-corrected chi connectivity index (χ2v) is 2.97. The molecule has 1 saturated carbocycles. The van der Waals surface area contributed by atoms with E-state index in [1.165, 1.54) is 12.8 Å². The molecule has 0 aromatic rings. The minimum absolute atomic E-state index is 0.385. The van der Waals surface area contributed by atoms with Gasteiger partial charge in [0.25, 0.3) is 0 Å². The quantitative estimate of drug-likeness (QED) is 0.628. The summed E-state index contributed by atoms with van der Waals surface area (Å²) in [5.74, 6) is 0. The van der Waals surface area contributed by atoms with Crippen molar-refractivity contribution in [2.24, 2.45) is 0 Å². The van der Waals surface area contributed by atoms with Crippen LogP contribution in [0.4, 0.5) is 4.79 Å². The van der Waals surface area contributed by atoms with Crippen LogP contribution in [-0.2, 0) is 4.74 Å². The van der Waals surface area contributed by atoms with E-state index in [1.807, 2.05) is 0 Å². The van der Waals surface area contributed by atoms with Crippen LogP contribution in [0.15, 0.2) is 0 Å². The van der Waals surface area contributed by atoms with Crippen LogP contribution in [-0.4, -0.2) is 18.7 Å². The Labute approximate surface area is 72.6 Å². The number of ether oxygens (including phenoxy) is 1. The van der Waals surface area contributed by atoms with E-state index in [4.69, 9.17) is 0 Å². The van der Waals surface area contributed by atoms with Gasteiger partial charge in [-0.3, -0.25) is 5.43 Å². The Bertz CT molecular complexity index is 144. The fourth-order valence-corrected chi connectivity index (χ4v) is 1.40. The molecule has 2 N–H and O–H groups in total. The number of hydrazine groups is 1. The van der Waals surface area contributed by atoms with E-state index in [0.29, 0.717) is 12.6 Å². The molecule has 1 fully saturated rings. The van der Waals surface area contributed by atoms with Gasteiger partial charge in [0.05, 0.1) is 6.61 Å². The van der Waals surface area contributed by atoms with E-state index in [9.17, 15) is 4.79 Å². The fraction of sp³-hybridized carbons (Fsp3) is 0.875. The zero-order valence-corrected chi connectivity index (χ0v) is 7.43. The molecule has 1 amide bonds. The molecule has 0 atom stereocenters. The number of hydrogen-bond acceptors (Lipinski definition) is 3. The molecule has 0 aliphatic heterocycles. The molecule has 1 rings (SSSR count). The van der Waals surface area contributed by atoms with Crippen molar-refractivity contribution >= 4 is 6.09 Å². The van der Waals surface area contributed by atoms with Crippen molar-refractivity contribution in [3.8, 4) is 0 Å². The van der Waals surface area contributed by atoms with Crippen molar-refractivity contribution in [2.75, 3.05) is 6.61 Å². The molecule has 1 aliphatic carbocycles. The third-order valence-corrected chi connectivity index (χ3v) is 2.01. The SMILES string of the molecule is CCOC(=O)NNC1CCCC1. The molecular weight excluding hydrogens is 156 g/mol. The summed E-state index contributed by atoms with van der Waals surface area (Å²) >= 11 is 0. The molecule has 0 aromatic carbocycles. The molecule has 12 heavy (non-hydrogen) atoms. The van der Waals surface area contributed by atoms with E-state index in [1.54, 1.807) is 6.92 Å². The highest BCUT2D eigenvalue weighted by Crippen LogP contribution is 2.16. The predicted molar refractivity (Wildman–Crippen MR) is 45.5 cm³/mol. The maximum atomic E-state index is 10.8. The third-order valence-electron chi connectivity index (χ3n) is 2.01. The van der Waals surface area contributed by atoms with E-state index in [-0.39, 0.29) is 6.09 Å². The summed E-state index contributed by atoms with van der Waals surface area (Å²) in [4.78, 5) is 10.8. The Morgan fingerprint density at radius 3 is 2.75 bits per heavy atom. The van der Waals surface area contributed by atoms with E-state index >= 15 is 0 Å². The number of carbonyl (C=O) groups excluding carboxylic acids is 1. The molecule has 0 spiro atoms. The van der Waals surface area contributed by atoms with Crippen molar-refractivity contribution < 1.29 is 9.53 Å². The fourth-order valence-electron chi connectivity index (χ4n) is 1.40. The first-order chi connectivity index (χ1) is 5.83. The lowest BCUT2D eigenvalue weighted by Crippen LogP contribution is -2.43. The monoisotopic (exact) mass is 172 g/mol. The summed E-state index contributed by atoms with van der Waals surface area (Å²) in [6.07, 6.45) is 4.41. The summed E-state index contributed by atoms with van der Waals surface area (Å²) in [6.45, 7) is 2.20. The van der Waals surface area contributed by atoms with Crippen LogP contribution in [0.2, 0.25) is 0 Å². The van der Waals surface area contributed by atoms with E-state index < -0.39 is 0 Å². The highest BCUT2D eigenvalue weighted by atomic mass is 16.5. The smallest absolute Gasteiger partial charge is 0.421 e. The van der Waals surface area contributed by atoms with Gasteiger partial charge in [-0.2, -0.15) is 0 Å². The van der Waals surface area contributed by atoms with Crippen LogP contribution in [0.3, 0.4) is 0 Å². The van der Waals surface area contributed by atoms with Gasteiger partial charge in [0.15, 0.2) is 0 Å². The normalized spacial score (nSPS) is 17.8. The Morgan fingerprint density at radius 2 is 2.17 bits per heavy atom. The van der Waals surface area contributed by atoms with Gasteiger partial charge >= 0.3 is 6.09 Å². The van der Waals surface area contributed by atoms with Gasteiger partial charge in [0.2, 0.25) is 0 Å². The minimum Gasteiger partial charge on any atom is -0.449 e. The van der Waals surface area contributed by atoms with Gasteiger partial charge in [-0.25, -0.2) is 10.2 Å². The van der Waals surface area contributed by atoms with Crippen LogP contribution >= 0.6 is 0 Å². The molecule has 70 valence electrons. The topological polar surface area (TPSA) is 50.4 Å². The Morgan fingerprint density at radius 1 is 1.50 bits per heavy atom. The average Bonchev–Trinajstić information content (AvgIpc) is 2.53. The van der Waals surface area contributed by atoms with Gasteiger partial charge in [0.1, 0.15) is 0 Å². The average molecular weight is 172 g/mol. The number of carbonyl (C=O) groups is 1. The van der Waals surface area contributed by atoms with Crippen molar-refractivity contribution in [1.82, 2.24) is 10.9 Å². The first-order valence-corrected chi connectivity index (χ1v) is 4.51. The molecule has 0 aromatic heterocycles. The predicted octanol–water partition coefficient (Wildman–Crippen LogP) is 1.18. The first kappa shape index (κ1) is 9.32. The van der Waals surface area contributed by atoms with Crippen molar-refractivity contribution in [3.63, 3.8) is 0 Å². The zero-order valence-electron chi connectivity index (χ0n) is 7.43. The molecule has 0 radical (unpaired) electrons. The van der Waals surface area contributed by atoms with Crippen LogP contribution in [0.5, 0.6) is 0 Å². The zero-order chi connectivity index (χ0) is 8.81. The summed E-state index contributed by atoms with van der Waals surface area (Å²) in [7, 11) is 0. The number of rotatable bonds is 3. The Balaban J connectivity index is 2.03. The standard InChI is InChI=1S/C8H16N2O2/c1-2-12-8(11)10-9-7-5-3-4-6-7/h7,9H,2-6H2,1H3,(H,10,11). The minimum atomic E-state index is -0.385. The highest BCUT2D eigenvalue weighted by molar-refractivity contribution is 5.66. The Kier molecular flexibility index (Phi) is 3.87. The van der Waals surface area contributed by atoms with Crippen LogP contribution in [0, 0.1) is 0 Å². The molecule has 4 nitrogen and oxygen atoms in total. The van der Waals surface area contributed by atoms with Gasteiger partial charge < -0.3 is 4.74 Å². The summed E-state index contributed by atoms with van der Waals surface area (Å²) < 4.78 is 4.69. The molecule has 0 unspecified atom stereocenters. The molecule has 0 heterocycles. The van der Waals surface area contributed by atoms with Crippen molar-refractivity contribution in [3.05, 3.63) is 0 Å². The summed E-state index contributed by atoms with van der Waals surface area (Å²) in [5.41, 5.74) is 5.46. The lowest BCUT2D eigenvalue weighted by molar-refractivity contribution is 0.145. The van der Waals surface area contributed by atoms with Gasteiger partial charge in [-0.15, -0.1) is 0 Å². The maximum Gasteiger partial charge on any atom is 0.421 e. The lowest BCUT2D eigenvalue weighted by atomic mass is 10.3. The Hall–Kier alpha value is -0.770. The van der Waals surface area contributed by atoms with Crippen LogP contribution < -0.4 is 10.9 Å². The van der Waals surface area contributed by atoms with Crippen LogP contribution in [0.25, 0.3) is 0 Å². The summed E-state index contributed by atoms with van der Waals surface area (Å²) in [6, 6.07) is 0.439. The van der Waals surface area contributed by atoms with E-state index in [0.717, 1.165) is 12.8 Å². The first-order valence-electron chi connectivity index (χ1n) is 4.51. The maximum absolute atomic E-state index is 10.8. The molecule has 0 bridgehead atoms. The second kappa shape index (κ2) is 4.98. The molecular formula is C8H16N2O2. The number of nitrogens with one attached hydrogen (secondary N) is 2. The van der Waals surface area contributed by atoms with Gasteiger partial charge in [-0.05, 0) is 19.8 Å². The molecule has 4 heteroatoms. The third kappa shape index (κ3) is 3.09. The van der Waals surface area contributed by atoms with Crippen molar-refractivity contribution in [1.29, 1.82) is 0 Å². The van der Waals surface area contributed by atoms with E-state index in [2.05, 4.69) is 15.6 Å². The summed E-state index contributed by atoms with van der Waals surface area (Å²) in [5, 5.41) is 0. The molecule has 1 aliphatic rings. The van der Waals surface area contributed by atoms with Crippen LogP contribution in [0.1, 0.15) is 32.6 Å². The van der Waals surface area contributed by atoms with Gasteiger partial charge in [0, 0.05) is 6.04 Å². The highest BCUT2D eigenvalue weighted by Gasteiger charge is 2.14. The number of amides is 1. The van der Waals surface area contributed by atoms with Crippen molar-refractivity contribution in [2.45, 2.75) is 38.6 Å². The largest absolute Gasteiger partial charge is 0.449 e. The lowest BCUT2D eigenvalue weighted by Gasteiger charge is -2.12. The number of hydrogen-bond donors (Lipinski definition) is 2. The molecule has 0 saturated heterocycles. The van der Waals surface area contributed by atoms with Gasteiger partial charge in [-0.1, -0.05) is 12.8 Å².